The fraction of sp³-hybridized carbons (Fsp3) is 0.300. The van der Waals surface area contributed by atoms with Crippen molar-refractivity contribution in [3.63, 3.8) is 0 Å². The molecule has 0 unspecified atom stereocenters. The average molecular weight is 252 g/mol. The van der Waals surface area contributed by atoms with Crippen molar-refractivity contribution in [3.8, 4) is 0 Å². The zero-order valence-corrected chi connectivity index (χ0v) is 10.3. The molecule has 17 heavy (non-hydrogen) atoms. The van der Waals surface area contributed by atoms with Crippen LogP contribution in [-0.2, 0) is 20.6 Å². The van der Waals surface area contributed by atoms with Gasteiger partial charge in [-0.3, -0.25) is 9.36 Å². The van der Waals surface area contributed by atoms with Gasteiger partial charge in [-0.1, -0.05) is 6.07 Å². The molecule has 2 aromatic heterocycles. The van der Waals surface area contributed by atoms with Crippen LogP contribution in [0.3, 0.4) is 0 Å². The van der Waals surface area contributed by atoms with E-state index in [1.54, 1.807) is 11.3 Å². The highest BCUT2D eigenvalue weighted by atomic mass is 32.1. The second-order valence-electron chi connectivity index (χ2n) is 3.55. The fourth-order valence-corrected chi connectivity index (χ4v) is 2.04. The molecule has 6 nitrogen and oxygen atoms in total. The Morgan fingerprint density at radius 2 is 2.18 bits per heavy atom. The minimum atomic E-state index is -0.434. The number of anilines is 1. The normalized spacial score (nSPS) is 10.5. The number of thiophene rings is 1. The molecule has 0 atom stereocenters. The van der Waals surface area contributed by atoms with Gasteiger partial charge in [0, 0.05) is 19.0 Å². The molecule has 0 aliphatic rings. The first-order chi connectivity index (χ1) is 8.09. The Morgan fingerprint density at radius 1 is 1.41 bits per heavy atom. The molecule has 0 aliphatic heterocycles. The maximum absolute atomic E-state index is 11.7. The quantitative estimate of drug-likeness (QED) is 0.844. The molecule has 0 aliphatic carbocycles. The Morgan fingerprint density at radius 3 is 2.82 bits per heavy atom. The number of nitrogens with zero attached hydrogens (tertiary/aromatic N) is 3. The number of aromatic nitrogens is 3. The van der Waals surface area contributed by atoms with Crippen molar-refractivity contribution in [2.45, 2.75) is 6.54 Å². The van der Waals surface area contributed by atoms with Crippen LogP contribution in [-0.4, -0.2) is 14.3 Å². The highest BCUT2D eigenvalue weighted by molar-refractivity contribution is 7.09. The van der Waals surface area contributed by atoms with E-state index in [1.807, 2.05) is 17.5 Å². The number of hydrogen-bond acceptors (Lipinski definition) is 5. The van der Waals surface area contributed by atoms with Gasteiger partial charge in [-0.15, -0.1) is 16.4 Å². The molecule has 0 fully saturated rings. The van der Waals surface area contributed by atoms with E-state index in [4.69, 9.17) is 0 Å². The third-order valence-corrected chi connectivity index (χ3v) is 3.21. The lowest BCUT2D eigenvalue weighted by Crippen LogP contribution is -2.39. The van der Waals surface area contributed by atoms with Gasteiger partial charge in [0.25, 0.3) is 5.56 Å². The van der Waals surface area contributed by atoms with Crippen LogP contribution in [0.4, 0.5) is 5.82 Å². The zero-order chi connectivity index (χ0) is 12.4. The maximum atomic E-state index is 11.7. The van der Waals surface area contributed by atoms with E-state index in [0.717, 1.165) is 14.1 Å². The lowest BCUT2D eigenvalue weighted by Gasteiger charge is -2.06. The van der Waals surface area contributed by atoms with Gasteiger partial charge in [0.05, 0.1) is 6.54 Å². The van der Waals surface area contributed by atoms with Gasteiger partial charge in [0.1, 0.15) is 0 Å². The predicted molar refractivity (Wildman–Crippen MR) is 66.4 cm³/mol. The molecule has 0 spiro atoms. The van der Waals surface area contributed by atoms with E-state index in [0.29, 0.717) is 6.54 Å². The standard InChI is InChI=1S/C10H12N4O2S/c1-13-9(15)8(12-14(2)10(13)16)11-6-7-4-3-5-17-7/h3-5H,6H2,1-2H3,(H,11,12). The van der Waals surface area contributed by atoms with E-state index in [9.17, 15) is 9.59 Å². The molecule has 0 amide bonds. The molecule has 0 aromatic carbocycles. The van der Waals surface area contributed by atoms with Crippen molar-refractivity contribution >= 4 is 17.2 Å². The molecule has 1 N–H and O–H groups in total. The zero-order valence-electron chi connectivity index (χ0n) is 9.51. The summed E-state index contributed by atoms with van der Waals surface area (Å²) in [5.41, 5.74) is -0.846. The van der Waals surface area contributed by atoms with Gasteiger partial charge in [-0.05, 0) is 11.4 Å². The van der Waals surface area contributed by atoms with Crippen molar-refractivity contribution in [2.75, 3.05) is 5.32 Å². The van der Waals surface area contributed by atoms with E-state index < -0.39 is 11.2 Å². The van der Waals surface area contributed by atoms with Crippen LogP contribution >= 0.6 is 11.3 Å². The van der Waals surface area contributed by atoms with Crippen LogP contribution in [0, 0.1) is 0 Å². The molecule has 90 valence electrons. The third kappa shape index (κ3) is 2.28. The van der Waals surface area contributed by atoms with Gasteiger partial charge >= 0.3 is 5.69 Å². The predicted octanol–water partition coefficient (Wildman–Crippen LogP) is 0.153. The van der Waals surface area contributed by atoms with E-state index in [2.05, 4.69) is 10.4 Å². The molecule has 2 aromatic rings. The summed E-state index contributed by atoms with van der Waals surface area (Å²) in [5.74, 6) is 0.183. The molecule has 2 heterocycles. The second-order valence-corrected chi connectivity index (χ2v) is 4.58. The number of rotatable bonds is 3. The van der Waals surface area contributed by atoms with Crippen molar-refractivity contribution in [1.29, 1.82) is 0 Å². The summed E-state index contributed by atoms with van der Waals surface area (Å²) in [6.07, 6.45) is 0. The Labute approximate surface area is 101 Å². The number of hydrogen-bond donors (Lipinski definition) is 1. The van der Waals surface area contributed by atoms with Crippen LogP contribution in [0.25, 0.3) is 0 Å². The van der Waals surface area contributed by atoms with Crippen LogP contribution in [0.15, 0.2) is 27.1 Å². The lowest BCUT2D eigenvalue weighted by atomic mass is 10.4. The molecule has 7 heteroatoms. The van der Waals surface area contributed by atoms with Gasteiger partial charge in [-0.2, -0.15) is 0 Å². The summed E-state index contributed by atoms with van der Waals surface area (Å²) < 4.78 is 2.17. The monoisotopic (exact) mass is 252 g/mol. The first-order valence-corrected chi connectivity index (χ1v) is 5.88. The first kappa shape index (κ1) is 11.6. The largest absolute Gasteiger partial charge is 0.359 e. The Kier molecular flexibility index (Phi) is 3.10. The highest BCUT2D eigenvalue weighted by Gasteiger charge is 2.07. The van der Waals surface area contributed by atoms with Gasteiger partial charge < -0.3 is 5.32 Å². The molecule has 0 radical (unpaired) electrons. The van der Waals surface area contributed by atoms with Gasteiger partial charge in [-0.25, -0.2) is 9.48 Å². The fourth-order valence-electron chi connectivity index (χ4n) is 1.39. The summed E-state index contributed by atoms with van der Waals surface area (Å²) in [5, 5.41) is 8.79. The van der Waals surface area contributed by atoms with Crippen molar-refractivity contribution in [2.24, 2.45) is 14.1 Å². The van der Waals surface area contributed by atoms with Gasteiger partial charge in [0.2, 0.25) is 5.82 Å². The second kappa shape index (κ2) is 4.54. The minimum absolute atomic E-state index is 0.183. The minimum Gasteiger partial charge on any atom is -0.359 e. The highest BCUT2D eigenvalue weighted by Crippen LogP contribution is 2.09. The Hall–Kier alpha value is -1.89. The maximum Gasteiger partial charge on any atom is 0.346 e. The molecule has 2 rings (SSSR count). The SMILES string of the molecule is Cn1nc(NCc2cccs2)c(=O)n(C)c1=O. The summed E-state index contributed by atoms with van der Waals surface area (Å²) in [4.78, 5) is 24.2. The smallest absolute Gasteiger partial charge is 0.346 e. The summed E-state index contributed by atoms with van der Waals surface area (Å²) >= 11 is 1.59. The molecule has 0 bridgehead atoms. The van der Waals surface area contributed by atoms with E-state index in [1.165, 1.54) is 14.1 Å². The van der Waals surface area contributed by atoms with Crippen LogP contribution in [0.5, 0.6) is 0 Å². The Bertz CT molecular complexity index is 627. The molecule has 0 saturated heterocycles. The third-order valence-electron chi connectivity index (χ3n) is 2.33. The molecular formula is C10H12N4O2S. The average Bonchev–Trinajstić information content (AvgIpc) is 2.82. The summed E-state index contributed by atoms with van der Waals surface area (Å²) in [6.45, 7) is 0.526. The lowest BCUT2D eigenvalue weighted by molar-refractivity contribution is 0.604. The van der Waals surface area contributed by atoms with Crippen molar-refractivity contribution in [3.05, 3.63) is 43.2 Å². The van der Waals surface area contributed by atoms with E-state index in [-0.39, 0.29) is 5.82 Å². The van der Waals surface area contributed by atoms with Crippen molar-refractivity contribution in [1.82, 2.24) is 14.3 Å². The van der Waals surface area contributed by atoms with Crippen LogP contribution < -0.4 is 16.6 Å². The summed E-state index contributed by atoms with van der Waals surface area (Å²) in [7, 11) is 2.95. The number of nitrogens with one attached hydrogen (secondary N) is 1. The molecular weight excluding hydrogens is 240 g/mol. The Balaban J connectivity index is 2.28. The molecule has 0 saturated carbocycles. The van der Waals surface area contributed by atoms with E-state index >= 15 is 0 Å². The van der Waals surface area contributed by atoms with Crippen molar-refractivity contribution < 1.29 is 0 Å². The topological polar surface area (TPSA) is 68.9 Å². The van der Waals surface area contributed by atoms with Gasteiger partial charge in [0.15, 0.2) is 0 Å². The summed E-state index contributed by atoms with van der Waals surface area (Å²) in [6, 6.07) is 3.90. The first-order valence-electron chi connectivity index (χ1n) is 5.00. The van der Waals surface area contributed by atoms with Crippen LogP contribution in [0.2, 0.25) is 0 Å². The van der Waals surface area contributed by atoms with Crippen LogP contribution in [0.1, 0.15) is 4.88 Å². The number of aryl methyl sites for hydroxylation is 1.